The lowest BCUT2D eigenvalue weighted by Crippen LogP contribution is -2.48. The molecule has 25 heavy (non-hydrogen) atoms. The Balaban J connectivity index is 1.80. The molecule has 136 valence electrons. The topological polar surface area (TPSA) is 86.8 Å². The summed E-state index contributed by atoms with van der Waals surface area (Å²) in [5.41, 5.74) is 0.401. The molecule has 9 heteroatoms. The van der Waals surface area contributed by atoms with E-state index in [1.165, 1.54) is 26.2 Å². The number of rotatable bonds is 4. The first-order valence-corrected chi connectivity index (χ1v) is 10.4. The van der Waals surface area contributed by atoms with Crippen LogP contribution in [-0.2, 0) is 19.6 Å². The Morgan fingerprint density at radius 3 is 2.80 bits per heavy atom. The van der Waals surface area contributed by atoms with Gasteiger partial charge in [-0.2, -0.15) is 0 Å². The van der Waals surface area contributed by atoms with Crippen molar-refractivity contribution >= 4 is 39.3 Å². The van der Waals surface area contributed by atoms with Crippen molar-refractivity contribution in [1.29, 1.82) is 0 Å². The number of carbonyl (C=O) groups is 2. The number of fused-ring (bicyclic) bond motifs is 1. The van der Waals surface area contributed by atoms with Crippen molar-refractivity contribution in [2.24, 2.45) is 0 Å². The molecule has 2 amide bonds. The van der Waals surface area contributed by atoms with E-state index < -0.39 is 16.1 Å². The Labute approximate surface area is 151 Å². The van der Waals surface area contributed by atoms with Crippen LogP contribution >= 0.6 is 11.8 Å². The molecule has 2 aliphatic rings. The van der Waals surface area contributed by atoms with Gasteiger partial charge in [0.25, 0.3) is 0 Å². The average molecular weight is 383 g/mol. The number of benzene rings is 1. The summed E-state index contributed by atoms with van der Waals surface area (Å²) < 4.78 is 25.6. The number of carbonyl (C=O) groups excluding carboxylic acids is 2. The van der Waals surface area contributed by atoms with Gasteiger partial charge < -0.3 is 10.2 Å². The fraction of sp³-hybridized carbons (Fsp3) is 0.500. The SMILES string of the molecule is CN(C)S(=O)(=O)c1cccc(NC(=O)[C@@H]2CS[C@@]3(C)CCC(=O)N23)c1. The highest BCUT2D eigenvalue weighted by molar-refractivity contribution is 8.01. The zero-order chi connectivity index (χ0) is 18.4. The maximum atomic E-state index is 12.7. The van der Waals surface area contributed by atoms with E-state index in [2.05, 4.69) is 5.32 Å². The van der Waals surface area contributed by atoms with Crippen LogP contribution in [0.15, 0.2) is 29.2 Å². The minimum Gasteiger partial charge on any atom is -0.324 e. The van der Waals surface area contributed by atoms with E-state index in [4.69, 9.17) is 0 Å². The number of thioether (sulfide) groups is 1. The number of nitrogens with zero attached hydrogens (tertiary/aromatic N) is 2. The fourth-order valence-corrected chi connectivity index (χ4v) is 5.57. The third-order valence-electron chi connectivity index (χ3n) is 4.63. The highest BCUT2D eigenvalue weighted by Gasteiger charge is 2.52. The molecule has 0 aromatic heterocycles. The van der Waals surface area contributed by atoms with Crippen LogP contribution < -0.4 is 5.32 Å². The summed E-state index contributed by atoms with van der Waals surface area (Å²) in [5, 5.41) is 2.76. The summed E-state index contributed by atoms with van der Waals surface area (Å²) in [5.74, 6) is 0.256. The molecule has 3 rings (SSSR count). The molecule has 2 atom stereocenters. The number of sulfonamides is 1. The van der Waals surface area contributed by atoms with Gasteiger partial charge in [-0.25, -0.2) is 12.7 Å². The molecule has 1 aromatic carbocycles. The summed E-state index contributed by atoms with van der Waals surface area (Å²) in [7, 11) is -0.665. The number of anilines is 1. The van der Waals surface area contributed by atoms with Crippen molar-refractivity contribution in [3.63, 3.8) is 0 Å². The van der Waals surface area contributed by atoms with Gasteiger partial charge in [0.2, 0.25) is 21.8 Å². The molecule has 0 unspecified atom stereocenters. The smallest absolute Gasteiger partial charge is 0.248 e. The minimum absolute atomic E-state index is 0.00316. The number of hydrogen-bond donors (Lipinski definition) is 1. The van der Waals surface area contributed by atoms with Gasteiger partial charge in [0.1, 0.15) is 6.04 Å². The molecule has 0 spiro atoms. The first kappa shape index (κ1) is 18.2. The average Bonchev–Trinajstić information content (AvgIpc) is 3.04. The van der Waals surface area contributed by atoms with Crippen molar-refractivity contribution in [1.82, 2.24) is 9.21 Å². The summed E-state index contributed by atoms with van der Waals surface area (Å²) in [6, 6.07) is 5.61. The number of amides is 2. The second-order valence-corrected chi connectivity index (χ2v) is 10.2. The molecule has 2 heterocycles. The van der Waals surface area contributed by atoms with Crippen LogP contribution in [0.4, 0.5) is 5.69 Å². The normalized spacial score (nSPS) is 26.2. The third kappa shape index (κ3) is 3.16. The maximum absolute atomic E-state index is 12.7. The lowest BCUT2D eigenvalue weighted by molar-refractivity contribution is -0.135. The van der Waals surface area contributed by atoms with Crippen LogP contribution in [0.5, 0.6) is 0 Å². The summed E-state index contributed by atoms with van der Waals surface area (Å²) in [6.45, 7) is 1.99. The van der Waals surface area contributed by atoms with E-state index in [1.807, 2.05) is 6.92 Å². The quantitative estimate of drug-likeness (QED) is 0.848. The van der Waals surface area contributed by atoms with Crippen molar-refractivity contribution < 1.29 is 18.0 Å². The standard InChI is InChI=1S/C16H21N3O4S2/c1-16-8-7-14(20)19(16)13(10-24-16)15(21)17-11-5-4-6-12(9-11)25(22,23)18(2)3/h4-6,9,13H,7-8,10H2,1-3H3,(H,17,21)/t13-,16-/m0/s1. The molecule has 0 bridgehead atoms. The van der Waals surface area contributed by atoms with Crippen molar-refractivity contribution in [3.05, 3.63) is 24.3 Å². The molecular weight excluding hydrogens is 362 g/mol. The molecule has 0 aliphatic carbocycles. The van der Waals surface area contributed by atoms with Gasteiger partial charge in [0.05, 0.1) is 9.77 Å². The molecule has 7 nitrogen and oxygen atoms in total. The van der Waals surface area contributed by atoms with E-state index in [-0.39, 0.29) is 21.6 Å². The fourth-order valence-electron chi connectivity index (χ4n) is 3.19. The second kappa shape index (κ2) is 6.30. The van der Waals surface area contributed by atoms with Gasteiger partial charge in [-0.15, -0.1) is 11.8 Å². The molecule has 2 fully saturated rings. The van der Waals surface area contributed by atoms with Crippen molar-refractivity contribution in [3.8, 4) is 0 Å². The Hall–Kier alpha value is -1.58. The van der Waals surface area contributed by atoms with E-state index >= 15 is 0 Å². The van der Waals surface area contributed by atoms with Gasteiger partial charge in [-0.3, -0.25) is 9.59 Å². The summed E-state index contributed by atoms with van der Waals surface area (Å²) >= 11 is 1.62. The Bertz CT molecular complexity index is 824. The molecule has 1 aromatic rings. The van der Waals surface area contributed by atoms with Crippen LogP contribution in [0.1, 0.15) is 19.8 Å². The lowest BCUT2D eigenvalue weighted by atomic mass is 10.2. The molecule has 2 aliphatic heterocycles. The summed E-state index contributed by atoms with van der Waals surface area (Å²) in [4.78, 5) is 26.3. The lowest BCUT2D eigenvalue weighted by Gasteiger charge is -2.29. The van der Waals surface area contributed by atoms with Gasteiger partial charge in [-0.05, 0) is 31.5 Å². The van der Waals surface area contributed by atoms with Gasteiger partial charge in [0, 0.05) is 32.0 Å². The van der Waals surface area contributed by atoms with Crippen LogP contribution in [0.2, 0.25) is 0 Å². The zero-order valence-corrected chi connectivity index (χ0v) is 16.0. The molecular formula is C16H21N3O4S2. The highest BCUT2D eigenvalue weighted by Crippen LogP contribution is 2.47. The molecule has 1 N–H and O–H groups in total. The molecule has 0 radical (unpaired) electrons. The number of nitrogens with one attached hydrogen (secondary N) is 1. The van der Waals surface area contributed by atoms with Gasteiger partial charge >= 0.3 is 0 Å². The Kier molecular flexibility index (Phi) is 4.59. The van der Waals surface area contributed by atoms with Crippen LogP contribution in [-0.4, -0.2) is 60.2 Å². The second-order valence-electron chi connectivity index (χ2n) is 6.57. The van der Waals surface area contributed by atoms with Crippen molar-refractivity contribution in [2.45, 2.75) is 35.6 Å². The molecule has 0 saturated carbocycles. The molecule has 2 saturated heterocycles. The predicted molar refractivity (Wildman–Crippen MR) is 96.7 cm³/mol. The van der Waals surface area contributed by atoms with Gasteiger partial charge in [-0.1, -0.05) is 6.07 Å². The van der Waals surface area contributed by atoms with Crippen LogP contribution in [0.3, 0.4) is 0 Å². The number of hydrogen-bond acceptors (Lipinski definition) is 5. The van der Waals surface area contributed by atoms with Crippen molar-refractivity contribution in [2.75, 3.05) is 25.2 Å². The van der Waals surface area contributed by atoms with Crippen LogP contribution in [0, 0.1) is 0 Å². The Morgan fingerprint density at radius 1 is 1.40 bits per heavy atom. The van der Waals surface area contributed by atoms with Crippen LogP contribution in [0.25, 0.3) is 0 Å². The maximum Gasteiger partial charge on any atom is 0.248 e. The van der Waals surface area contributed by atoms with E-state index in [0.717, 1.165) is 10.7 Å². The monoisotopic (exact) mass is 383 g/mol. The zero-order valence-electron chi connectivity index (χ0n) is 14.4. The minimum atomic E-state index is -3.57. The Morgan fingerprint density at radius 2 is 2.12 bits per heavy atom. The predicted octanol–water partition coefficient (Wildman–Crippen LogP) is 1.33. The highest BCUT2D eigenvalue weighted by atomic mass is 32.2. The summed E-state index contributed by atoms with van der Waals surface area (Å²) in [6.07, 6.45) is 1.21. The third-order valence-corrected chi connectivity index (χ3v) is 7.94. The van der Waals surface area contributed by atoms with E-state index in [0.29, 0.717) is 17.9 Å². The van der Waals surface area contributed by atoms with E-state index in [1.54, 1.807) is 28.8 Å². The first-order chi connectivity index (χ1) is 11.6. The van der Waals surface area contributed by atoms with E-state index in [9.17, 15) is 18.0 Å². The largest absolute Gasteiger partial charge is 0.324 e. The van der Waals surface area contributed by atoms with Gasteiger partial charge in [0.15, 0.2) is 0 Å². The first-order valence-electron chi connectivity index (χ1n) is 7.95.